The number of nitriles is 1. The van der Waals surface area contributed by atoms with E-state index in [2.05, 4.69) is 9.71 Å². The van der Waals surface area contributed by atoms with Gasteiger partial charge in [-0.1, -0.05) is 17.7 Å². The van der Waals surface area contributed by atoms with Crippen molar-refractivity contribution in [3.8, 4) is 11.8 Å². The number of ether oxygens (including phenoxy) is 1. The first-order valence-corrected chi connectivity index (χ1v) is 7.61. The molecule has 0 spiro atoms. The summed E-state index contributed by atoms with van der Waals surface area (Å²) in [5, 5.41) is 8.54. The highest BCUT2D eigenvalue weighted by atomic mass is 35.5. The monoisotopic (exact) mass is 323 g/mol. The van der Waals surface area contributed by atoms with E-state index in [1.165, 1.54) is 24.4 Å². The van der Waals surface area contributed by atoms with Gasteiger partial charge in [-0.3, -0.25) is 4.72 Å². The van der Waals surface area contributed by atoms with Gasteiger partial charge in [-0.05, 0) is 24.3 Å². The Bertz CT molecular complexity index is 787. The van der Waals surface area contributed by atoms with Gasteiger partial charge < -0.3 is 4.74 Å². The van der Waals surface area contributed by atoms with Gasteiger partial charge in [-0.2, -0.15) is 5.26 Å². The first kappa shape index (κ1) is 15.1. The molecule has 0 amide bonds. The van der Waals surface area contributed by atoms with Crippen molar-refractivity contribution >= 4 is 27.3 Å². The Labute approximate surface area is 127 Å². The van der Waals surface area contributed by atoms with Crippen LogP contribution in [0.2, 0.25) is 5.15 Å². The SMILES string of the molecule is N#CCOc1cccc(NS(=O)(=O)c2ccnc(Cl)c2)c1. The maximum Gasteiger partial charge on any atom is 0.262 e. The summed E-state index contributed by atoms with van der Waals surface area (Å²) in [4.78, 5) is 3.74. The van der Waals surface area contributed by atoms with Gasteiger partial charge in [0.05, 0.1) is 10.6 Å². The number of halogens is 1. The minimum Gasteiger partial charge on any atom is -0.479 e. The summed E-state index contributed by atoms with van der Waals surface area (Å²) in [6.07, 6.45) is 1.31. The maximum absolute atomic E-state index is 12.2. The van der Waals surface area contributed by atoms with Crippen molar-refractivity contribution in [2.45, 2.75) is 4.90 Å². The number of nitrogens with zero attached hydrogens (tertiary/aromatic N) is 2. The van der Waals surface area contributed by atoms with Gasteiger partial charge in [0.2, 0.25) is 0 Å². The molecule has 21 heavy (non-hydrogen) atoms. The fourth-order valence-corrected chi connectivity index (χ4v) is 2.83. The molecule has 0 aliphatic heterocycles. The molecule has 1 N–H and O–H groups in total. The second-order valence-electron chi connectivity index (χ2n) is 3.89. The van der Waals surface area contributed by atoms with Crippen molar-refractivity contribution in [3.63, 3.8) is 0 Å². The lowest BCUT2D eigenvalue weighted by Crippen LogP contribution is -2.13. The zero-order valence-corrected chi connectivity index (χ0v) is 12.2. The summed E-state index contributed by atoms with van der Waals surface area (Å²) in [6, 6.07) is 10.7. The molecule has 0 unspecified atom stereocenters. The number of benzene rings is 1. The summed E-state index contributed by atoms with van der Waals surface area (Å²) in [6.45, 7) is -0.115. The quantitative estimate of drug-likeness (QED) is 0.853. The maximum atomic E-state index is 12.2. The van der Waals surface area contributed by atoms with Crippen molar-refractivity contribution in [3.05, 3.63) is 47.7 Å². The Balaban J connectivity index is 2.23. The van der Waals surface area contributed by atoms with E-state index < -0.39 is 10.0 Å². The fraction of sp³-hybridized carbons (Fsp3) is 0.0769. The number of pyridine rings is 1. The Morgan fingerprint density at radius 2 is 2.14 bits per heavy atom. The fourth-order valence-electron chi connectivity index (χ4n) is 1.53. The largest absolute Gasteiger partial charge is 0.479 e. The van der Waals surface area contributed by atoms with Crippen molar-refractivity contribution in [2.24, 2.45) is 0 Å². The van der Waals surface area contributed by atoms with Crippen molar-refractivity contribution < 1.29 is 13.2 Å². The summed E-state index contributed by atoms with van der Waals surface area (Å²) < 4.78 is 31.9. The van der Waals surface area contributed by atoms with E-state index in [1.807, 2.05) is 6.07 Å². The molecular formula is C13H10ClN3O3S. The molecule has 108 valence electrons. The van der Waals surface area contributed by atoms with Crippen LogP contribution in [0.4, 0.5) is 5.69 Å². The number of hydrogen-bond donors (Lipinski definition) is 1. The van der Waals surface area contributed by atoms with Gasteiger partial charge in [-0.25, -0.2) is 13.4 Å². The average molecular weight is 324 g/mol. The minimum atomic E-state index is -3.77. The molecule has 2 aromatic rings. The van der Waals surface area contributed by atoms with E-state index in [0.29, 0.717) is 11.4 Å². The first-order chi connectivity index (χ1) is 10.0. The lowest BCUT2D eigenvalue weighted by molar-refractivity contribution is 0.368. The highest BCUT2D eigenvalue weighted by Crippen LogP contribution is 2.21. The number of aromatic nitrogens is 1. The standard InChI is InChI=1S/C13H10ClN3O3S/c14-13-9-12(4-6-16-13)21(18,19)17-10-2-1-3-11(8-10)20-7-5-15/h1-4,6,8-9,17H,7H2. The van der Waals surface area contributed by atoms with Crippen molar-refractivity contribution in [2.75, 3.05) is 11.3 Å². The van der Waals surface area contributed by atoms with Gasteiger partial charge >= 0.3 is 0 Å². The molecule has 2 rings (SSSR count). The lowest BCUT2D eigenvalue weighted by atomic mass is 10.3. The summed E-state index contributed by atoms with van der Waals surface area (Å²) in [5.74, 6) is 0.393. The minimum absolute atomic E-state index is 0.00541. The van der Waals surface area contributed by atoms with E-state index in [1.54, 1.807) is 18.2 Å². The van der Waals surface area contributed by atoms with Gasteiger partial charge in [-0.15, -0.1) is 0 Å². The molecule has 0 radical (unpaired) electrons. The smallest absolute Gasteiger partial charge is 0.262 e. The Morgan fingerprint density at radius 1 is 1.33 bits per heavy atom. The van der Waals surface area contributed by atoms with Crippen LogP contribution in [0.5, 0.6) is 5.75 Å². The first-order valence-electron chi connectivity index (χ1n) is 5.75. The van der Waals surface area contributed by atoms with Gasteiger partial charge in [0.15, 0.2) is 6.61 Å². The van der Waals surface area contributed by atoms with Crippen LogP contribution in [0.1, 0.15) is 0 Å². The van der Waals surface area contributed by atoms with Gasteiger partial charge in [0.1, 0.15) is 17.0 Å². The summed E-state index contributed by atoms with van der Waals surface area (Å²) >= 11 is 5.68. The third-order valence-electron chi connectivity index (χ3n) is 2.40. The molecule has 1 aromatic carbocycles. The molecule has 0 saturated carbocycles. The van der Waals surface area contributed by atoms with Crippen LogP contribution in [0.15, 0.2) is 47.5 Å². The zero-order chi connectivity index (χ0) is 15.3. The molecular weight excluding hydrogens is 314 g/mol. The molecule has 1 heterocycles. The van der Waals surface area contributed by atoms with Crippen LogP contribution in [0.25, 0.3) is 0 Å². The summed E-state index contributed by atoms with van der Waals surface area (Å²) in [7, 11) is -3.77. The number of nitrogens with one attached hydrogen (secondary N) is 1. The highest BCUT2D eigenvalue weighted by Gasteiger charge is 2.15. The molecule has 0 saturated heterocycles. The van der Waals surface area contributed by atoms with Gasteiger partial charge in [0.25, 0.3) is 10.0 Å². The summed E-state index contributed by atoms with van der Waals surface area (Å²) in [5.41, 5.74) is 0.318. The predicted molar refractivity (Wildman–Crippen MR) is 77.6 cm³/mol. The molecule has 6 nitrogen and oxygen atoms in total. The molecule has 0 atom stereocenters. The molecule has 0 fully saturated rings. The van der Waals surface area contributed by atoms with E-state index in [4.69, 9.17) is 21.6 Å². The predicted octanol–water partition coefficient (Wildman–Crippen LogP) is 2.44. The highest BCUT2D eigenvalue weighted by molar-refractivity contribution is 7.92. The second kappa shape index (κ2) is 6.43. The number of rotatable bonds is 5. The van der Waals surface area contributed by atoms with Gasteiger partial charge in [0, 0.05) is 12.3 Å². The number of sulfonamides is 1. The van der Waals surface area contributed by atoms with Crippen molar-refractivity contribution in [1.29, 1.82) is 5.26 Å². The van der Waals surface area contributed by atoms with E-state index in [-0.39, 0.29) is 16.7 Å². The number of hydrogen-bond acceptors (Lipinski definition) is 5. The molecule has 0 bridgehead atoms. The third kappa shape index (κ3) is 4.08. The molecule has 0 aliphatic carbocycles. The molecule has 0 aliphatic rings. The average Bonchev–Trinajstić information content (AvgIpc) is 2.45. The third-order valence-corrected chi connectivity index (χ3v) is 3.98. The van der Waals surface area contributed by atoms with Crippen LogP contribution >= 0.6 is 11.6 Å². The van der Waals surface area contributed by atoms with E-state index in [9.17, 15) is 8.42 Å². The van der Waals surface area contributed by atoms with Crippen LogP contribution in [0.3, 0.4) is 0 Å². The topological polar surface area (TPSA) is 92.1 Å². The van der Waals surface area contributed by atoms with Crippen LogP contribution in [-0.4, -0.2) is 20.0 Å². The van der Waals surface area contributed by atoms with Crippen LogP contribution in [0, 0.1) is 11.3 Å². The Kier molecular flexibility index (Phi) is 4.62. The lowest BCUT2D eigenvalue weighted by Gasteiger charge is -2.09. The normalized spacial score (nSPS) is 10.7. The van der Waals surface area contributed by atoms with E-state index >= 15 is 0 Å². The van der Waals surface area contributed by atoms with Crippen molar-refractivity contribution in [1.82, 2.24) is 4.98 Å². The molecule has 1 aromatic heterocycles. The second-order valence-corrected chi connectivity index (χ2v) is 5.96. The number of anilines is 1. The van der Waals surface area contributed by atoms with Crippen LogP contribution < -0.4 is 9.46 Å². The Hall–Kier alpha value is -2.30. The van der Waals surface area contributed by atoms with E-state index in [0.717, 1.165) is 0 Å². The van der Waals surface area contributed by atoms with Crippen LogP contribution in [-0.2, 0) is 10.0 Å². The molecule has 8 heteroatoms. The zero-order valence-electron chi connectivity index (χ0n) is 10.7. The Morgan fingerprint density at radius 3 is 2.86 bits per heavy atom.